The maximum absolute atomic E-state index is 12.8. The number of hydrogen-bond acceptors (Lipinski definition) is 3. The maximum atomic E-state index is 12.8. The van der Waals surface area contributed by atoms with Crippen LogP contribution < -0.4 is 4.74 Å². The van der Waals surface area contributed by atoms with Gasteiger partial charge in [-0.3, -0.25) is 9.69 Å². The molecule has 0 saturated carbocycles. The van der Waals surface area contributed by atoms with E-state index in [-0.39, 0.29) is 5.91 Å². The number of piperazine rings is 1. The molecule has 27 heavy (non-hydrogen) atoms. The Morgan fingerprint density at radius 1 is 0.963 bits per heavy atom. The van der Waals surface area contributed by atoms with Gasteiger partial charge in [0.1, 0.15) is 5.75 Å². The molecule has 2 aromatic carbocycles. The minimum atomic E-state index is 0.210. The molecule has 3 rings (SSSR count). The molecule has 144 valence electrons. The Morgan fingerprint density at radius 2 is 1.59 bits per heavy atom. The smallest absolute Gasteiger partial charge is 0.227 e. The first kappa shape index (κ1) is 19.4. The van der Waals surface area contributed by atoms with Gasteiger partial charge in [0, 0.05) is 31.7 Å². The molecule has 2 unspecified atom stereocenters. The number of carbonyl (C=O) groups excluding carboxylic acids is 1. The standard InChI is InChI=1S/C23H30N2O2/c1-18-16-24(23(26)15-21-9-11-22(27-3)12-10-21)17-19(2)25(18)14-13-20-7-5-4-6-8-20/h4-12,18-19H,13-17H2,1-3H3. The predicted molar refractivity (Wildman–Crippen MR) is 109 cm³/mol. The molecular formula is C23H30N2O2. The quantitative estimate of drug-likeness (QED) is 0.785. The van der Waals surface area contributed by atoms with Gasteiger partial charge in [0.2, 0.25) is 5.91 Å². The summed E-state index contributed by atoms with van der Waals surface area (Å²) in [6.07, 6.45) is 1.50. The summed E-state index contributed by atoms with van der Waals surface area (Å²) in [5.74, 6) is 1.03. The largest absolute Gasteiger partial charge is 0.497 e. The number of amides is 1. The Kier molecular flexibility index (Phi) is 6.51. The van der Waals surface area contributed by atoms with Gasteiger partial charge < -0.3 is 9.64 Å². The summed E-state index contributed by atoms with van der Waals surface area (Å²) in [6.45, 7) is 7.09. The molecule has 1 amide bonds. The lowest BCUT2D eigenvalue weighted by molar-refractivity contribution is -0.134. The average molecular weight is 367 g/mol. The number of carbonyl (C=O) groups is 1. The lowest BCUT2D eigenvalue weighted by Gasteiger charge is -2.44. The van der Waals surface area contributed by atoms with Crippen LogP contribution in [0.1, 0.15) is 25.0 Å². The van der Waals surface area contributed by atoms with Crippen LogP contribution in [0.5, 0.6) is 5.75 Å². The van der Waals surface area contributed by atoms with Gasteiger partial charge in [-0.1, -0.05) is 42.5 Å². The van der Waals surface area contributed by atoms with E-state index in [1.807, 2.05) is 29.2 Å². The summed E-state index contributed by atoms with van der Waals surface area (Å²) in [5.41, 5.74) is 2.41. The van der Waals surface area contributed by atoms with Gasteiger partial charge in [-0.15, -0.1) is 0 Å². The molecule has 1 aliphatic heterocycles. The van der Waals surface area contributed by atoms with Crippen LogP contribution in [0.2, 0.25) is 0 Å². The van der Waals surface area contributed by atoms with Crippen molar-refractivity contribution in [2.45, 2.75) is 38.8 Å². The topological polar surface area (TPSA) is 32.8 Å². The maximum Gasteiger partial charge on any atom is 0.227 e. The second-order valence-electron chi connectivity index (χ2n) is 7.50. The van der Waals surface area contributed by atoms with Gasteiger partial charge in [0.15, 0.2) is 0 Å². The first-order valence-electron chi connectivity index (χ1n) is 9.77. The fourth-order valence-corrected chi connectivity index (χ4v) is 3.93. The number of ether oxygens (including phenoxy) is 1. The summed E-state index contributed by atoms with van der Waals surface area (Å²) < 4.78 is 5.18. The molecule has 0 aliphatic carbocycles. The molecule has 0 N–H and O–H groups in total. The zero-order valence-corrected chi connectivity index (χ0v) is 16.6. The third kappa shape index (κ3) is 5.10. The average Bonchev–Trinajstić information content (AvgIpc) is 2.68. The van der Waals surface area contributed by atoms with Gasteiger partial charge in [-0.25, -0.2) is 0 Å². The van der Waals surface area contributed by atoms with Crippen molar-refractivity contribution in [3.05, 3.63) is 65.7 Å². The van der Waals surface area contributed by atoms with Crippen LogP contribution >= 0.6 is 0 Å². The number of nitrogens with zero attached hydrogens (tertiary/aromatic N) is 2. The highest BCUT2D eigenvalue weighted by molar-refractivity contribution is 5.79. The van der Waals surface area contributed by atoms with Crippen molar-refractivity contribution in [1.29, 1.82) is 0 Å². The molecule has 4 heteroatoms. The molecule has 2 atom stereocenters. The number of benzene rings is 2. The Morgan fingerprint density at radius 3 is 2.19 bits per heavy atom. The van der Waals surface area contributed by atoms with E-state index >= 15 is 0 Å². The van der Waals surface area contributed by atoms with E-state index < -0.39 is 0 Å². The molecule has 0 bridgehead atoms. The van der Waals surface area contributed by atoms with Crippen LogP contribution in [0.25, 0.3) is 0 Å². The predicted octanol–water partition coefficient (Wildman–Crippen LogP) is 3.40. The van der Waals surface area contributed by atoms with Crippen LogP contribution in [0.4, 0.5) is 0 Å². The van der Waals surface area contributed by atoms with Crippen LogP contribution in [0, 0.1) is 0 Å². The van der Waals surface area contributed by atoms with Gasteiger partial charge in [0.25, 0.3) is 0 Å². The molecule has 2 aromatic rings. The first-order chi connectivity index (χ1) is 13.1. The van der Waals surface area contributed by atoms with Crippen molar-refractivity contribution in [3.63, 3.8) is 0 Å². The third-order valence-electron chi connectivity index (χ3n) is 5.47. The molecule has 0 spiro atoms. The summed E-state index contributed by atoms with van der Waals surface area (Å²) in [4.78, 5) is 17.3. The second-order valence-corrected chi connectivity index (χ2v) is 7.50. The van der Waals surface area contributed by atoms with E-state index in [0.717, 1.165) is 37.4 Å². The van der Waals surface area contributed by atoms with E-state index in [9.17, 15) is 4.79 Å². The number of rotatable bonds is 6. The van der Waals surface area contributed by atoms with Crippen molar-refractivity contribution in [3.8, 4) is 5.75 Å². The van der Waals surface area contributed by atoms with Crippen molar-refractivity contribution in [1.82, 2.24) is 9.80 Å². The minimum Gasteiger partial charge on any atom is -0.497 e. The summed E-state index contributed by atoms with van der Waals surface area (Å²) in [6, 6.07) is 19.1. The summed E-state index contributed by atoms with van der Waals surface area (Å²) in [5, 5.41) is 0. The fraction of sp³-hybridized carbons (Fsp3) is 0.435. The molecule has 0 aromatic heterocycles. The van der Waals surface area contributed by atoms with Crippen LogP contribution in [0.3, 0.4) is 0 Å². The molecular weight excluding hydrogens is 336 g/mol. The van der Waals surface area contributed by atoms with Crippen LogP contribution in [0.15, 0.2) is 54.6 Å². The molecule has 1 saturated heterocycles. The van der Waals surface area contributed by atoms with Crippen LogP contribution in [-0.4, -0.2) is 54.5 Å². The number of methoxy groups -OCH3 is 1. The Labute approximate surface area is 162 Å². The minimum absolute atomic E-state index is 0.210. The summed E-state index contributed by atoms with van der Waals surface area (Å²) >= 11 is 0. The van der Waals surface area contributed by atoms with E-state index in [0.29, 0.717) is 18.5 Å². The lowest BCUT2D eigenvalue weighted by atomic mass is 10.0. The van der Waals surface area contributed by atoms with E-state index in [1.165, 1.54) is 5.56 Å². The van der Waals surface area contributed by atoms with E-state index in [1.54, 1.807) is 7.11 Å². The highest BCUT2D eigenvalue weighted by atomic mass is 16.5. The molecule has 1 heterocycles. The zero-order chi connectivity index (χ0) is 19.2. The van der Waals surface area contributed by atoms with Gasteiger partial charge in [0.05, 0.1) is 13.5 Å². The van der Waals surface area contributed by atoms with Crippen LogP contribution in [-0.2, 0) is 17.6 Å². The van der Waals surface area contributed by atoms with Gasteiger partial charge in [-0.2, -0.15) is 0 Å². The SMILES string of the molecule is COc1ccc(CC(=O)N2CC(C)N(CCc3ccccc3)C(C)C2)cc1. The van der Waals surface area contributed by atoms with Crippen molar-refractivity contribution >= 4 is 5.91 Å². The molecule has 1 fully saturated rings. The van der Waals surface area contributed by atoms with Crippen molar-refractivity contribution < 1.29 is 9.53 Å². The summed E-state index contributed by atoms with van der Waals surface area (Å²) in [7, 11) is 1.65. The van der Waals surface area contributed by atoms with Crippen molar-refractivity contribution in [2.75, 3.05) is 26.7 Å². The Balaban J connectivity index is 1.54. The Hall–Kier alpha value is -2.33. The highest BCUT2D eigenvalue weighted by Crippen LogP contribution is 2.18. The monoisotopic (exact) mass is 366 g/mol. The fourth-order valence-electron chi connectivity index (χ4n) is 3.93. The zero-order valence-electron chi connectivity index (χ0n) is 16.6. The van der Waals surface area contributed by atoms with E-state index in [4.69, 9.17) is 4.74 Å². The molecule has 1 aliphatic rings. The Bertz CT molecular complexity index is 718. The van der Waals surface area contributed by atoms with E-state index in [2.05, 4.69) is 49.1 Å². The normalized spacial score (nSPS) is 20.5. The number of hydrogen-bond donors (Lipinski definition) is 0. The highest BCUT2D eigenvalue weighted by Gasteiger charge is 2.31. The van der Waals surface area contributed by atoms with Crippen molar-refractivity contribution in [2.24, 2.45) is 0 Å². The first-order valence-corrected chi connectivity index (χ1v) is 9.77. The molecule has 0 radical (unpaired) electrons. The lowest BCUT2D eigenvalue weighted by Crippen LogP contribution is -2.58. The molecule has 4 nitrogen and oxygen atoms in total. The third-order valence-corrected chi connectivity index (χ3v) is 5.47. The van der Waals surface area contributed by atoms with Gasteiger partial charge >= 0.3 is 0 Å². The second kappa shape index (κ2) is 9.05. The van der Waals surface area contributed by atoms with Gasteiger partial charge in [-0.05, 0) is 43.5 Å².